The molecule has 0 aliphatic rings. The van der Waals surface area contributed by atoms with E-state index in [4.69, 9.17) is 0 Å². The molecule has 1 heterocycles. The van der Waals surface area contributed by atoms with Crippen molar-refractivity contribution in [1.29, 1.82) is 0 Å². The van der Waals surface area contributed by atoms with Gasteiger partial charge in [0.25, 0.3) is 0 Å². The molecule has 1 N–H and O–H groups in total. The monoisotopic (exact) mass is 206 g/mol. The van der Waals surface area contributed by atoms with E-state index < -0.39 is 0 Å². The van der Waals surface area contributed by atoms with Gasteiger partial charge in [-0.25, -0.2) is 0 Å². The maximum atomic E-state index is 11.2. The molecule has 0 aliphatic carbocycles. The fourth-order valence-corrected chi connectivity index (χ4v) is 1.42. The van der Waals surface area contributed by atoms with Gasteiger partial charge in [-0.05, 0) is 25.0 Å². The molecule has 0 saturated carbocycles. The third-order valence-electron chi connectivity index (χ3n) is 2.28. The first-order valence-corrected chi connectivity index (χ1v) is 5.41. The van der Waals surface area contributed by atoms with Crippen LogP contribution in [0.25, 0.3) is 0 Å². The molecule has 1 rings (SSSR count). The van der Waals surface area contributed by atoms with Crippen LogP contribution in [0.2, 0.25) is 0 Å². The van der Waals surface area contributed by atoms with Crippen molar-refractivity contribution in [1.82, 2.24) is 10.3 Å². The van der Waals surface area contributed by atoms with Crippen molar-refractivity contribution in [3.05, 3.63) is 29.6 Å². The smallest absolute Gasteiger partial charge is 0.219 e. The second-order valence-corrected chi connectivity index (χ2v) is 3.62. The Bertz CT molecular complexity index is 323. The summed E-state index contributed by atoms with van der Waals surface area (Å²) in [4.78, 5) is 15.5. The standard InChI is InChI=1S/C12H18N2O/c1-3-5-12(15)14-9-7-11-10(2)6-4-8-13-11/h4,6,8H,3,5,7,9H2,1-2H3,(H,14,15). The Morgan fingerprint density at radius 1 is 1.53 bits per heavy atom. The van der Waals surface area contributed by atoms with Crippen LogP contribution in [0, 0.1) is 6.92 Å². The summed E-state index contributed by atoms with van der Waals surface area (Å²) in [6.45, 7) is 4.72. The highest BCUT2D eigenvalue weighted by molar-refractivity contribution is 5.75. The molecule has 15 heavy (non-hydrogen) atoms. The molecule has 0 atom stereocenters. The molecule has 0 unspecified atom stereocenters. The van der Waals surface area contributed by atoms with Crippen LogP contribution >= 0.6 is 0 Å². The van der Waals surface area contributed by atoms with Crippen molar-refractivity contribution in [2.45, 2.75) is 33.1 Å². The molecule has 0 bridgehead atoms. The van der Waals surface area contributed by atoms with Gasteiger partial charge in [0.05, 0.1) is 0 Å². The Morgan fingerprint density at radius 3 is 3.00 bits per heavy atom. The van der Waals surface area contributed by atoms with Crippen LogP contribution in [-0.2, 0) is 11.2 Å². The molecule has 0 aromatic carbocycles. The molecule has 1 aromatic rings. The van der Waals surface area contributed by atoms with Gasteiger partial charge in [-0.3, -0.25) is 9.78 Å². The number of nitrogens with zero attached hydrogens (tertiary/aromatic N) is 1. The van der Waals surface area contributed by atoms with E-state index in [1.807, 2.05) is 26.0 Å². The molecule has 0 radical (unpaired) electrons. The third-order valence-corrected chi connectivity index (χ3v) is 2.28. The topological polar surface area (TPSA) is 42.0 Å². The van der Waals surface area contributed by atoms with Crippen LogP contribution in [-0.4, -0.2) is 17.4 Å². The first-order valence-electron chi connectivity index (χ1n) is 5.41. The van der Waals surface area contributed by atoms with Crippen LogP contribution < -0.4 is 5.32 Å². The molecule has 1 aromatic heterocycles. The quantitative estimate of drug-likeness (QED) is 0.798. The number of hydrogen-bond acceptors (Lipinski definition) is 2. The molecule has 3 nitrogen and oxygen atoms in total. The van der Waals surface area contributed by atoms with Gasteiger partial charge < -0.3 is 5.32 Å². The third kappa shape index (κ3) is 4.11. The van der Waals surface area contributed by atoms with E-state index in [2.05, 4.69) is 10.3 Å². The summed E-state index contributed by atoms with van der Waals surface area (Å²) in [6.07, 6.45) is 4.11. The van der Waals surface area contributed by atoms with Gasteiger partial charge >= 0.3 is 0 Å². The molecule has 0 spiro atoms. The Morgan fingerprint density at radius 2 is 2.33 bits per heavy atom. The minimum atomic E-state index is 0.131. The summed E-state index contributed by atoms with van der Waals surface area (Å²) in [5, 5.41) is 2.88. The predicted octanol–water partition coefficient (Wildman–Crippen LogP) is 1.85. The van der Waals surface area contributed by atoms with Crippen molar-refractivity contribution in [2.75, 3.05) is 6.54 Å². The van der Waals surface area contributed by atoms with Gasteiger partial charge in [-0.15, -0.1) is 0 Å². The lowest BCUT2D eigenvalue weighted by molar-refractivity contribution is -0.121. The highest BCUT2D eigenvalue weighted by atomic mass is 16.1. The minimum Gasteiger partial charge on any atom is -0.356 e. The molecule has 1 amide bonds. The first-order chi connectivity index (χ1) is 7.24. The lowest BCUT2D eigenvalue weighted by Gasteiger charge is -2.05. The molecular weight excluding hydrogens is 188 g/mol. The van der Waals surface area contributed by atoms with Crippen LogP contribution in [0.5, 0.6) is 0 Å². The lowest BCUT2D eigenvalue weighted by atomic mass is 10.1. The van der Waals surface area contributed by atoms with Gasteiger partial charge in [0.2, 0.25) is 5.91 Å². The number of nitrogens with one attached hydrogen (secondary N) is 1. The highest BCUT2D eigenvalue weighted by Gasteiger charge is 2.01. The van der Waals surface area contributed by atoms with E-state index in [9.17, 15) is 4.79 Å². The summed E-state index contributed by atoms with van der Waals surface area (Å²) in [5.74, 6) is 0.131. The van der Waals surface area contributed by atoms with Crippen LogP contribution in [0.3, 0.4) is 0 Å². The Labute approximate surface area is 90.9 Å². The van der Waals surface area contributed by atoms with Crippen molar-refractivity contribution in [3.8, 4) is 0 Å². The predicted molar refractivity (Wildman–Crippen MR) is 60.6 cm³/mol. The molecule has 3 heteroatoms. The van der Waals surface area contributed by atoms with E-state index in [0.29, 0.717) is 13.0 Å². The van der Waals surface area contributed by atoms with Crippen LogP contribution in [0.15, 0.2) is 18.3 Å². The summed E-state index contributed by atoms with van der Waals surface area (Å²) in [6, 6.07) is 3.96. The molecular formula is C12H18N2O. The maximum absolute atomic E-state index is 11.2. The summed E-state index contributed by atoms with van der Waals surface area (Å²) in [7, 11) is 0. The highest BCUT2D eigenvalue weighted by Crippen LogP contribution is 2.02. The van der Waals surface area contributed by atoms with Gasteiger partial charge in [0.15, 0.2) is 0 Å². The van der Waals surface area contributed by atoms with Gasteiger partial charge in [0.1, 0.15) is 0 Å². The average Bonchev–Trinajstić information content (AvgIpc) is 2.21. The average molecular weight is 206 g/mol. The van der Waals surface area contributed by atoms with Crippen molar-refractivity contribution in [2.24, 2.45) is 0 Å². The van der Waals surface area contributed by atoms with E-state index in [1.54, 1.807) is 6.20 Å². The Hall–Kier alpha value is -1.38. The van der Waals surface area contributed by atoms with Crippen molar-refractivity contribution >= 4 is 5.91 Å². The number of amides is 1. The summed E-state index contributed by atoms with van der Waals surface area (Å²) >= 11 is 0. The second kappa shape index (κ2) is 6.17. The van der Waals surface area contributed by atoms with Crippen LogP contribution in [0.1, 0.15) is 31.0 Å². The maximum Gasteiger partial charge on any atom is 0.219 e. The van der Waals surface area contributed by atoms with Crippen molar-refractivity contribution < 1.29 is 4.79 Å². The number of carbonyl (C=O) groups is 1. The lowest BCUT2D eigenvalue weighted by Crippen LogP contribution is -2.25. The molecule has 0 saturated heterocycles. The fraction of sp³-hybridized carbons (Fsp3) is 0.500. The normalized spacial score (nSPS) is 10.0. The van der Waals surface area contributed by atoms with Gasteiger partial charge in [-0.1, -0.05) is 13.0 Å². The van der Waals surface area contributed by atoms with E-state index in [1.165, 1.54) is 5.56 Å². The number of carbonyl (C=O) groups excluding carboxylic acids is 1. The fourth-order valence-electron chi connectivity index (χ4n) is 1.42. The van der Waals surface area contributed by atoms with E-state index in [-0.39, 0.29) is 5.91 Å². The van der Waals surface area contributed by atoms with Crippen molar-refractivity contribution in [3.63, 3.8) is 0 Å². The molecule has 0 fully saturated rings. The van der Waals surface area contributed by atoms with E-state index >= 15 is 0 Å². The zero-order valence-electron chi connectivity index (χ0n) is 9.42. The Kier molecular flexibility index (Phi) is 4.81. The second-order valence-electron chi connectivity index (χ2n) is 3.62. The van der Waals surface area contributed by atoms with Gasteiger partial charge in [0, 0.05) is 31.3 Å². The number of hydrogen-bond donors (Lipinski definition) is 1. The minimum absolute atomic E-state index is 0.131. The Balaban J connectivity index is 2.32. The number of pyridine rings is 1. The SMILES string of the molecule is CCCC(=O)NCCc1ncccc1C. The number of aromatic nitrogens is 1. The summed E-state index contributed by atoms with van der Waals surface area (Å²) in [5.41, 5.74) is 2.25. The number of rotatable bonds is 5. The van der Waals surface area contributed by atoms with E-state index in [0.717, 1.165) is 18.5 Å². The summed E-state index contributed by atoms with van der Waals surface area (Å²) < 4.78 is 0. The zero-order valence-corrected chi connectivity index (χ0v) is 9.42. The van der Waals surface area contributed by atoms with Gasteiger partial charge in [-0.2, -0.15) is 0 Å². The molecule has 82 valence electrons. The van der Waals surface area contributed by atoms with Crippen LogP contribution in [0.4, 0.5) is 0 Å². The number of aryl methyl sites for hydroxylation is 1. The molecule has 0 aliphatic heterocycles. The first kappa shape index (κ1) is 11.7. The zero-order chi connectivity index (χ0) is 11.1. The largest absolute Gasteiger partial charge is 0.356 e.